The highest BCUT2D eigenvalue weighted by Gasteiger charge is 2.14. The van der Waals surface area contributed by atoms with Gasteiger partial charge in [0.2, 0.25) is 5.91 Å². The van der Waals surface area contributed by atoms with Crippen LogP contribution in [0.5, 0.6) is 0 Å². The van der Waals surface area contributed by atoms with Gasteiger partial charge in [0.15, 0.2) is 0 Å². The predicted octanol–water partition coefficient (Wildman–Crippen LogP) is 1.64. The molecule has 0 aromatic heterocycles. The van der Waals surface area contributed by atoms with Crippen LogP contribution in [0.1, 0.15) is 17.3 Å². The quantitative estimate of drug-likeness (QED) is 0.769. The van der Waals surface area contributed by atoms with Gasteiger partial charge < -0.3 is 20.6 Å². The van der Waals surface area contributed by atoms with Crippen LogP contribution in [0.3, 0.4) is 0 Å². The van der Waals surface area contributed by atoms with E-state index in [2.05, 4.69) is 10.6 Å². The lowest BCUT2D eigenvalue weighted by atomic mass is 10.2. The van der Waals surface area contributed by atoms with Gasteiger partial charge in [-0.2, -0.15) is 0 Å². The minimum atomic E-state index is -1.11. The summed E-state index contributed by atoms with van der Waals surface area (Å²) in [7, 11) is 1.46. The molecule has 0 unspecified atom stereocenters. The molecular formula is C13H16ClN3O4. The molecule has 0 saturated heterocycles. The Morgan fingerprint density at radius 1 is 1.33 bits per heavy atom. The molecule has 8 heteroatoms. The van der Waals surface area contributed by atoms with E-state index in [4.69, 9.17) is 16.7 Å². The first kappa shape index (κ1) is 16.8. The zero-order valence-electron chi connectivity index (χ0n) is 11.6. The Bertz CT molecular complexity index is 562. The number of carboxylic acids is 1. The van der Waals surface area contributed by atoms with Gasteiger partial charge in [-0.05, 0) is 25.1 Å². The van der Waals surface area contributed by atoms with Gasteiger partial charge in [0, 0.05) is 13.6 Å². The number of likely N-dealkylation sites (N-methyl/N-ethyl adjacent to an activating group) is 2. The Balaban J connectivity index is 2.70. The Labute approximate surface area is 126 Å². The fourth-order valence-electron chi connectivity index (χ4n) is 1.50. The maximum Gasteiger partial charge on any atom is 0.335 e. The summed E-state index contributed by atoms with van der Waals surface area (Å²) in [4.78, 5) is 35.2. The highest BCUT2D eigenvalue weighted by atomic mass is 35.5. The smallest absolute Gasteiger partial charge is 0.335 e. The molecule has 0 fully saturated rings. The third-order valence-corrected chi connectivity index (χ3v) is 2.87. The normalized spacial score (nSPS) is 9.86. The second kappa shape index (κ2) is 7.49. The molecular weight excluding hydrogens is 298 g/mol. The number of hydrogen-bond acceptors (Lipinski definition) is 3. The lowest BCUT2D eigenvalue weighted by molar-refractivity contribution is -0.121. The molecule has 1 aromatic carbocycles. The van der Waals surface area contributed by atoms with Gasteiger partial charge >= 0.3 is 12.0 Å². The molecule has 0 bridgehead atoms. The van der Waals surface area contributed by atoms with E-state index in [1.165, 1.54) is 30.1 Å². The molecule has 0 heterocycles. The number of halogens is 1. The standard InChI is InChI=1S/C13H16ClN3O4/c1-3-15-11(18)7-17(2)13(21)16-10-5-4-8(12(19)20)6-9(10)14/h4-6H,3,7H2,1-2H3,(H,15,18)(H,16,21)(H,19,20). The van der Waals surface area contributed by atoms with Crippen molar-refractivity contribution in [2.45, 2.75) is 6.92 Å². The molecule has 0 radical (unpaired) electrons. The van der Waals surface area contributed by atoms with Crippen LogP contribution in [0, 0.1) is 0 Å². The van der Waals surface area contributed by atoms with Crippen molar-refractivity contribution < 1.29 is 19.5 Å². The second-order valence-corrected chi connectivity index (χ2v) is 4.65. The van der Waals surface area contributed by atoms with E-state index in [1.54, 1.807) is 6.92 Å². The van der Waals surface area contributed by atoms with Crippen LogP contribution in [0.4, 0.5) is 10.5 Å². The first-order chi connectivity index (χ1) is 9.85. The predicted molar refractivity (Wildman–Crippen MR) is 78.7 cm³/mol. The fraction of sp³-hybridized carbons (Fsp3) is 0.308. The Hall–Kier alpha value is -2.28. The fourth-order valence-corrected chi connectivity index (χ4v) is 1.73. The third kappa shape index (κ3) is 4.96. The van der Waals surface area contributed by atoms with Crippen molar-refractivity contribution in [2.24, 2.45) is 0 Å². The SMILES string of the molecule is CCNC(=O)CN(C)C(=O)Nc1ccc(C(=O)O)cc1Cl. The van der Waals surface area contributed by atoms with Gasteiger partial charge in [0.25, 0.3) is 0 Å². The number of urea groups is 1. The number of rotatable bonds is 5. The number of nitrogens with zero attached hydrogens (tertiary/aromatic N) is 1. The molecule has 3 amide bonds. The number of nitrogens with one attached hydrogen (secondary N) is 2. The molecule has 21 heavy (non-hydrogen) atoms. The van der Waals surface area contributed by atoms with Crippen LogP contribution in [0.15, 0.2) is 18.2 Å². The Morgan fingerprint density at radius 3 is 2.52 bits per heavy atom. The maximum absolute atomic E-state index is 11.9. The Kier molecular flexibility index (Phi) is 5.98. The van der Waals surface area contributed by atoms with Crippen LogP contribution >= 0.6 is 11.6 Å². The average molecular weight is 314 g/mol. The van der Waals surface area contributed by atoms with Crippen LogP contribution in [0.2, 0.25) is 5.02 Å². The molecule has 0 spiro atoms. The molecule has 0 aliphatic heterocycles. The van der Waals surface area contributed by atoms with E-state index in [0.29, 0.717) is 6.54 Å². The van der Waals surface area contributed by atoms with Gasteiger partial charge in [-0.1, -0.05) is 11.6 Å². The van der Waals surface area contributed by atoms with Gasteiger partial charge in [0.05, 0.1) is 16.3 Å². The lowest BCUT2D eigenvalue weighted by Crippen LogP contribution is -2.40. The van der Waals surface area contributed by atoms with Crippen molar-refractivity contribution in [2.75, 3.05) is 25.5 Å². The molecule has 0 aliphatic carbocycles. The molecule has 0 aliphatic rings. The van der Waals surface area contributed by atoms with Crippen LogP contribution in [-0.4, -0.2) is 48.1 Å². The topological polar surface area (TPSA) is 98.7 Å². The molecule has 114 valence electrons. The number of anilines is 1. The zero-order chi connectivity index (χ0) is 16.0. The van der Waals surface area contributed by atoms with Gasteiger partial charge in [-0.3, -0.25) is 4.79 Å². The summed E-state index contributed by atoms with van der Waals surface area (Å²) in [6.07, 6.45) is 0. The minimum Gasteiger partial charge on any atom is -0.478 e. The summed E-state index contributed by atoms with van der Waals surface area (Å²) in [6, 6.07) is 3.44. The molecule has 1 aromatic rings. The number of aromatic carboxylic acids is 1. The van der Waals surface area contributed by atoms with Crippen molar-refractivity contribution in [3.8, 4) is 0 Å². The average Bonchev–Trinajstić information content (AvgIpc) is 2.40. The van der Waals surface area contributed by atoms with E-state index in [1.807, 2.05) is 0 Å². The summed E-state index contributed by atoms with van der Waals surface area (Å²) < 4.78 is 0. The molecule has 7 nitrogen and oxygen atoms in total. The van der Waals surface area contributed by atoms with E-state index >= 15 is 0 Å². The van der Waals surface area contributed by atoms with E-state index in [0.717, 1.165) is 0 Å². The number of hydrogen-bond donors (Lipinski definition) is 3. The summed E-state index contributed by atoms with van der Waals surface area (Å²) in [5, 5.41) is 14.0. The largest absolute Gasteiger partial charge is 0.478 e. The van der Waals surface area contributed by atoms with Crippen molar-refractivity contribution >= 4 is 35.2 Å². The van der Waals surface area contributed by atoms with E-state index < -0.39 is 12.0 Å². The van der Waals surface area contributed by atoms with Gasteiger partial charge in [-0.15, -0.1) is 0 Å². The number of amides is 3. The monoisotopic (exact) mass is 313 g/mol. The molecule has 1 rings (SSSR count). The number of carbonyl (C=O) groups is 3. The first-order valence-electron chi connectivity index (χ1n) is 6.16. The van der Waals surface area contributed by atoms with Crippen molar-refractivity contribution in [3.63, 3.8) is 0 Å². The van der Waals surface area contributed by atoms with E-state index in [-0.39, 0.29) is 28.7 Å². The number of carbonyl (C=O) groups excluding carboxylic acids is 2. The molecule has 3 N–H and O–H groups in total. The van der Waals surface area contributed by atoms with Crippen molar-refractivity contribution in [3.05, 3.63) is 28.8 Å². The van der Waals surface area contributed by atoms with Crippen LogP contribution < -0.4 is 10.6 Å². The minimum absolute atomic E-state index is 0.0219. The van der Waals surface area contributed by atoms with Crippen LogP contribution in [-0.2, 0) is 4.79 Å². The molecule has 0 saturated carbocycles. The summed E-state index contributed by atoms with van der Waals surface area (Å²) in [6.45, 7) is 2.17. The van der Waals surface area contributed by atoms with Crippen LogP contribution in [0.25, 0.3) is 0 Å². The summed E-state index contributed by atoms with van der Waals surface area (Å²) in [5.41, 5.74) is 0.295. The third-order valence-electron chi connectivity index (χ3n) is 2.56. The highest BCUT2D eigenvalue weighted by Crippen LogP contribution is 2.23. The maximum atomic E-state index is 11.9. The van der Waals surface area contributed by atoms with Crippen molar-refractivity contribution in [1.82, 2.24) is 10.2 Å². The number of carboxylic acid groups (broad SMARTS) is 1. The van der Waals surface area contributed by atoms with Crippen molar-refractivity contribution in [1.29, 1.82) is 0 Å². The highest BCUT2D eigenvalue weighted by molar-refractivity contribution is 6.34. The summed E-state index contributed by atoms with van der Waals surface area (Å²) >= 11 is 5.90. The van der Waals surface area contributed by atoms with Gasteiger partial charge in [-0.25, -0.2) is 9.59 Å². The Morgan fingerprint density at radius 2 is 2.00 bits per heavy atom. The van der Waals surface area contributed by atoms with E-state index in [9.17, 15) is 14.4 Å². The second-order valence-electron chi connectivity index (χ2n) is 4.24. The zero-order valence-corrected chi connectivity index (χ0v) is 12.4. The lowest BCUT2D eigenvalue weighted by Gasteiger charge is -2.18. The number of benzene rings is 1. The van der Waals surface area contributed by atoms with Gasteiger partial charge in [0.1, 0.15) is 6.54 Å². The summed E-state index contributed by atoms with van der Waals surface area (Å²) in [5.74, 6) is -1.38. The first-order valence-corrected chi connectivity index (χ1v) is 6.54. The molecule has 0 atom stereocenters.